The van der Waals surface area contributed by atoms with E-state index < -0.39 is 0 Å². The van der Waals surface area contributed by atoms with E-state index in [9.17, 15) is 14.4 Å². The summed E-state index contributed by atoms with van der Waals surface area (Å²) in [5.41, 5.74) is 2.55. The number of rotatable bonds is 5. The molecule has 0 saturated heterocycles. The van der Waals surface area contributed by atoms with Crippen LogP contribution in [0.2, 0.25) is 0 Å². The molecule has 6 nitrogen and oxygen atoms in total. The Morgan fingerprint density at radius 3 is 2.15 bits per heavy atom. The van der Waals surface area contributed by atoms with E-state index >= 15 is 0 Å². The molecule has 4 aromatic carbocycles. The number of methoxy groups -OCH3 is 1. The summed E-state index contributed by atoms with van der Waals surface area (Å²) in [4.78, 5) is 41.7. The molecule has 1 heterocycles. The van der Waals surface area contributed by atoms with Gasteiger partial charge < -0.3 is 9.64 Å². The molecule has 0 fully saturated rings. The minimum absolute atomic E-state index is 0.0658. The molecule has 0 aliphatic carbocycles. The van der Waals surface area contributed by atoms with Gasteiger partial charge in [0, 0.05) is 12.7 Å². The van der Waals surface area contributed by atoms with Crippen molar-refractivity contribution < 1.29 is 19.1 Å². The van der Waals surface area contributed by atoms with Crippen molar-refractivity contribution in [2.75, 3.05) is 19.1 Å². The Kier molecular flexibility index (Phi) is 5.34. The molecule has 0 atom stereocenters. The normalized spacial score (nSPS) is 12.7. The quantitative estimate of drug-likeness (QED) is 0.405. The molecule has 3 amide bonds. The van der Waals surface area contributed by atoms with E-state index in [1.807, 2.05) is 42.5 Å². The van der Waals surface area contributed by atoms with E-state index in [4.69, 9.17) is 4.74 Å². The van der Waals surface area contributed by atoms with Gasteiger partial charge in [-0.1, -0.05) is 48.5 Å². The highest BCUT2D eigenvalue weighted by Gasteiger charge is 2.35. The van der Waals surface area contributed by atoms with Crippen LogP contribution in [0.15, 0.2) is 84.9 Å². The van der Waals surface area contributed by atoms with Gasteiger partial charge in [0.2, 0.25) is 0 Å². The van der Waals surface area contributed by atoms with Crippen LogP contribution in [0.5, 0.6) is 5.75 Å². The fourth-order valence-corrected chi connectivity index (χ4v) is 4.27. The Labute approximate surface area is 197 Å². The van der Waals surface area contributed by atoms with Crippen molar-refractivity contribution in [2.24, 2.45) is 0 Å². The number of hydrogen-bond acceptors (Lipinski definition) is 4. The zero-order valence-corrected chi connectivity index (χ0v) is 18.8. The summed E-state index contributed by atoms with van der Waals surface area (Å²) < 4.78 is 5.45. The van der Waals surface area contributed by atoms with Gasteiger partial charge in [-0.05, 0) is 52.7 Å². The smallest absolute Gasteiger partial charge is 0.261 e. The third-order valence-electron chi connectivity index (χ3n) is 6.14. The summed E-state index contributed by atoms with van der Waals surface area (Å²) in [6, 6.07) is 25.7. The van der Waals surface area contributed by atoms with E-state index in [-0.39, 0.29) is 24.3 Å². The number of benzene rings is 4. The van der Waals surface area contributed by atoms with Crippen LogP contribution in [-0.4, -0.2) is 36.8 Å². The van der Waals surface area contributed by atoms with Crippen molar-refractivity contribution >= 4 is 34.2 Å². The lowest BCUT2D eigenvalue weighted by Crippen LogP contribution is -2.30. The Hall–Kier alpha value is -4.45. The maximum atomic E-state index is 13.5. The van der Waals surface area contributed by atoms with E-state index in [1.165, 1.54) is 12.0 Å². The van der Waals surface area contributed by atoms with Crippen LogP contribution in [-0.2, 0) is 6.54 Å². The lowest BCUT2D eigenvalue weighted by atomic mass is 10.1. The lowest BCUT2D eigenvalue weighted by molar-refractivity contribution is 0.0642. The van der Waals surface area contributed by atoms with Crippen molar-refractivity contribution in [3.05, 3.63) is 107 Å². The van der Waals surface area contributed by atoms with Gasteiger partial charge in [0.05, 0.1) is 30.3 Å². The van der Waals surface area contributed by atoms with Crippen LogP contribution in [0, 0.1) is 0 Å². The van der Waals surface area contributed by atoms with Crippen molar-refractivity contribution in [3.8, 4) is 5.75 Å². The maximum absolute atomic E-state index is 13.5. The average molecular weight is 450 g/mol. The summed E-state index contributed by atoms with van der Waals surface area (Å²) in [5, 5.41) is 2.12. The highest BCUT2D eigenvalue weighted by molar-refractivity contribution is 6.21. The van der Waals surface area contributed by atoms with Crippen LogP contribution in [0.25, 0.3) is 10.8 Å². The molecule has 0 N–H and O–H groups in total. The number of anilines is 1. The number of hydrogen-bond donors (Lipinski definition) is 0. The van der Waals surface area contributed by atoms with E-state index in [0.29, 0.717) is 28.0 Å². The first-order valence-corrected chi connectivity index (χ1v) is 10.9. The van der Waals surface area contributed by atoms with Crippen molar-refractivity contribution in [1.29, 1.82) is 0 Å². The molecule has 0 unspecified atom stereocenters. The minimum atomic E-state index is -0.336. The molecule has 0 saturated carbocycles. The molecule has 0 bridgehead atoms. The Balaban J connectivity index is 1.44. The van der Waals surface area contributed by atoms with Crippen molar-refractivity contribution in [3.63, 3.8) is 0 Å². The van der Waals surface area contributed by atoms with Crippen LogP contribution in [0.1, 0.15) is 36.6 Å². The van der Waals surface area contributed by atoms with Gasteiger partial charge in [-0.3, -0.25) is 19.3 Å². The molecule has 34 heavy (non-hydrogen) atoms. The zero-order valence-electron chi connectivity index (χ0n) is 18.8. The number of imide groups is 1. The van der Waals surface area contributed by atoms with Crippen molar-refractivity contribution in [2.45, 2.75) is 6.54 Å². The van der Waals surface area contributed by atoms with Gasteiger partial charge in [-0.2, -0.15) is 0 Å². The second-order valence-electron chi connectivity index (χ2n) is 8.17. The molecule has 168 valence electrons. The standard InChI is InChI=1S/C28H22N2O4/c1-29(21-13-12-19-7-3-4-8-20(19)16-21)26(31)24-15-18(11-14-25(24)34-2)17-30-27(32)22-9-5-6-10-23(22)28(30)33/h3-16H,17H2,1-2H3. The van der Waals surface area contributed by atoms with Crippen molar-refractivity contribution in [1.82, 2.24) is 4.90 Å². The fourth-order valence-electron chi connectivity index (χ4n) is 4.27. The van der Waals surface area contributed by atoms with E-state index in [2.05, 4.69) is 0 Å². The highest BCUT2D eigenvalue weighted by Crippen LogP contribution is 2.29. The molecular formula is C28H22N2O4. The number of carbonyl (C=O) groups excluding carboxylic acids is 3. The number of nitrogens with zero attached hydrogens (tertiary/aromatic N) is 2. The molecule has 6 heteroatoms. The maximum Gasteiger partial charge on any atom is 0.261 e. The fraction of sp³-hybridized carbons (Fsp3) is 0.107. The van der Waals surface area contributed by atoms with Crippen LogP contribution < -0.4 is 9.64 Å². The summed E-state index contributed by atoms with van der Waals surface area (Å²) in [5.74, 6) is -0.504. The first-order valence-electron chi connectivity index (χ1n) is 10.9. The molecule has 0 aromatic heterocycles. The number of ether oxygens (including phenoxy) is 1. The van der Waals surface area contributed by atoms with Crippen LogP contribution in [0.3, 0.4) is 0 Å². The molecule has 0 spiro atoms. The SMILES string of the molecule is COc1ccc(CN2C(=O)c3ccccc3C2=O)cc1C(=O)N(C)c1ccc2ccccc2c1. The summed E-state index contributed by atoms with van der Waals surface area (Å²) >= 11 is 0. The Bertz CT molecular complexity index is 1430. The minimum Gasteiger partial charge on any atom is -0.496 e. The summed E-state index contributed by atoms with van der Waals surface area (Å²) in [7, 11) is 3.22. The third kappa shape index (κ3) is 3.59. The second kappa shape index (κ2) is 8.48. The third-order valence-corrected chi connectivity index (χ3v) is 6.14. The number of fused-ring (bicyclic) bond motifs is 2. The van der Waals surface area contributed by atoms with Gasteiger partial charge in [-0.15, -0.1) is 0 Å². The number of amides is 3. The Morgan fingerprint density at radius 1 is 0.824 bits per heavy atom. The molecule has 0 radical (unpaired) electrons. The van der Waals surface area contributed by atoms with Gasteiger partial charge >= 0.3 is 0 Å². The molecule has 5 rings (SSSR count). The van der Waals surface area contributed by atoms with Crippen LogP contribution in [0.4, 0.5) is 5.69 Å². The summed E-state index contributed by atoms with van der Waals surface area (Å²) in [6.45, 7) is 0.0658. The topological polar surface area (TPSA) is 66.9 Å². The van der Waals surface area contributed by atoms with Crippen LogP contribution >= 0.6 is 0 Å². The van der Waals surface area contributed by atoms with Gasteiger partial charge in [0.25, 0.3) is 17.7 Å². The van der Waals surface area contributed by atoms with E-state index in [1.54, 1.807) is 54.4 Å². The predicted molar refractivity (Wildman–Crippen MR) is 130 cm³/mol. The Morgan fingerprint density at radius 2 is 1.47 bits per heavy atom. The molecular weight excluding hydrogens is 428 g/mol. The molecule has 1 aliphatic heterocycles. The predicted octanol–water partition coefficient (Wildman–Crippen LogP) is 4.92. The van der Waals surface area contributed by atoms with Gasteiger partial charge in [0.15, 0.2) is 0 Å². The first-order chi connectivity index (χ1) is 16.5. The van der Waals surface area contributed by atoms with E-state index in [0.717, 1.165) is 16.5 Å². The number of carbonyl (C=O) groups is 3. The molecule has 1 aliphatic rings. The first kappa shape index (κ1) is 21.4. The largest absolute Gasteiger partial charge is 0.496 e. The molecule has 4 aromatic rings. The van der Waals surface area contributed by atoms with Gasteiger partial charge in [0.1, 0.15) is 5.75 Å². The summed E-state index contributed by atoms with van der Waals surface area (Å²) in [6.07, 6.45) is 0. The second-order valence-corrected chi connectivity index (χ2v) is 8.17. The monoisotopic (exact) mass is 450 g/mol. The lowest BCUT2D eigenvalue weighted by Gasteiger charge is -2.21. The van der Waals surface area contributed by atoms with Gasteiger partial charge in [-0.25, -0.2) is 0 Å². The highest BCUT2D eigenvalue weighted by atomic mass is 16.5. The zero-order chi connectivity index (χ0) is 23.8. The average Bonchev–Trinajstić information content (AvgIpc) is 3.12.